The summed E-state index contributed by atoms with van der Waals surface area (Å²) in [5.41, 5.74) is 1.65. The minimum absolute atomic E-state index is 0.137. The molecule has 1 aliphatic carbocycles. The van der Waals surface area contributed by atoms with Crippen LogP contribution in [0.15, 0.2) is 11.1 Å². The highest BCUT2D eigenvalue weighted by Crippen LogP contribution is 2.40. The number of hydrogen-bond donors (Lipinski definition) is 5. The lowest BCUT2D eigenvalue weighted by Gasteiger charge is -2.41. The highest BCUT2D eigenvalue weighted by molar-refractivity contribution is 5.26. The molecule has 23 heavy (non-hydrogen) atoms. The quantitative estimate of drug-likeness (QED) is 0.432. The van der Waals surface area contributed by atoms with Crippen molar-refractivity contribution in [3.8, 4) is 0 Å². The molecule has 1 saturated heterocycles. The Balaban J connectivity index is 2.08. The van der Waals surface area contributed by atoms with E-state index in [9.17, 15) is 25.5 Å². The molecular formula is C16H28O7. The summed E-state index contributed by atoms with van der Waals surface area (Å²) in [6.45, 7) is 5.63. The second kappa shape index (κ2) is 7.14. The zero-order valence-electron chi connectivity index (χ0n) is 13.8. The summed E-state index contributed by atoms with van der Waals surface area (Å²) < 4.78 is 11.0. The lowest BCUT2D eigenvalue weighted by molar-refractivity contribution is -0.299. The van der Waals surface area contributed by atoms with E-state index >= 15 is 0 Å². The van der Waals surface area contributed by atoms with E-state index < -0.39 is 43.4 Å². The molecule has 0 amide bonds. The third-order valence-electron chi connectivity index (χ3n) is 5.08. The molecule has 0 aromatic carbocycles. The molecule has 1 fully saturated rings. The normalized spacial score (nSPS) is 41.2. The lowest BCUT2D eigenvalue weighted by Crippen LogP contribution is -2.59. The van der Waals surface area contributed by atoms with Crippen molar-refractivity contribution in [2.24, 2.45) is 5.41 Å². The second-order valence-corrected chi connectivity index (χ2v) is 7.11. The van der Waals surface area contributed by atoms with Crippen molar-refractivity contribution in [1.82, 2.24) is 0 Å². The van der Waals surface area contributed by atoms with Crippen LogP contribution in [0.1, 0.15) is 33.6 Å². The van der Waals surface area contributed by atoms with Crippen LogP contribution < -0.4 is 0 Å². The van der Waals surface area contributed by atoms with Crippen molar-refractivity contribution in [2.75, 3.05) is 13.2 Å². The number of aliphatic hydroxyl groups is 5. The van der Waals surface area contributed by atoms with Crippen molar-refractivity contribution in [3.63, 3.8) is 0 Å². The van der Waals surface area contributed by atoms with Gasteiger partial charge in [-0.05, 0) is 36.3 Å². The first-order valence-corrected chi connectivity index (χ1v) is 7.99. The highest BCUT2D eigenvalue weighted by Gasteiger charge is 2.44. The molecule has 0 aromatic heterocycles. The Kier molecular flexibility index (Phi) is 5.84. The average molecular weight is 332 g/mol. The summed E-state index contributed by atoms with van der Waals surface area (Å²) in [6, 6.07) is 0. The Hall–Kier alpha value is -0.540. The van der Waals surface area contributed by atoms with Crippen LogP contribution in [0.25, 0.3) is 0 Å². The summed E-state index contributed by atoms with van der Waals surface area (Å²) in [5.74, 6) is 0. The van der Waals surface area contributed by atoms with E-state index in [4.69, 9.17) is 9.47 Å². The SMILES string of the molecule is CC1=C(CO[C@@H]2O[C@H](CO)[C@@H](O)[C@H](O)[C@H]2O)C(C)(C)CC[C@H]1O. The van der Waals surface area contributed by atoms with Gasteiger partial charge >= 0.3 is 0 Å². The van der Waals surface area contributed by atoms with Gasteiger partial charge in [0, 0.05) is 0 Å². The fourth-order valence-electron chi connectivity index (χ4n) is 3.28. The fraction of sp³-hybridized carbons (Fsp3) is 0.875. The van der Waals surface area contributed by atoms with Gasteiger partial charge in [-0.3, -0.25) is 0 Å². The molecule has 7 nitrogen and oxygen atoms in total. The van der Waals surface area contributed by atoms with Crippen LogP contribution >= 0.6 is 0 Å². The van der Waals surface area contributed by atoms with Crippen molar-refractivity contribution >= 4 is 0 Å². The topological polar surface area (TPSA) is 120 Å². The van der Waals surface area contributed by atoms with E-state index in [1.165, 1.54) is 0 Å². The molecule has 5 N–H and O–H groups in total. The monoisotopic (exact) mass is 332 g/mol. The number of rotatable bonds is 4. The Bertz CT molecular complexity index is 446. The van der Waals surface area contributed by atoms with Gasteiger partial charge in [-0.1, -0.05) is 13.8 Å². The smallest absolute Gasteiger partial charge is 0.187 e. The Labute approximate surface area is 136 Å². The van der Waals surface area contributed by atoms with Crippen molar-refractivity contribution in [3.05, 3.63) is 11.1 Å². The summed E-state index contributed by atoms with van der Waals surface area (Å²) >= 11 is 0. The summed E-state index contributed by atoms with van der Waals surface area (Å²) in [5, 5.41) is 48.7. The number of aliphatic hydroxyl groups excluding tert-OH is 5. The van der Waals surface area contributed by atoms with Gasteiger partial charge in [0.25, 0.3) is 0 Å². The molecule has 1 heterocycles. The van der Waals surface area contributed by atoms with Gasteiger partial charge in [-0.25, -0.2) is 0 Å². The van der Waals surface area contributed by atoms with Gasteiger partial charge in [0.2, 0.25) is 0 Å². The van der Waals surface area contributed by atoms with Crippen LogP contribution in [0.2, 0.25) is 0 Å². The fourth-order valence-corrected chi connectivity index (χ4v) is 3.28. The van der Waals surface area contributed by atoms with Gasteiger partial charge in [0.05, 0.1) is 19.3 Å². The van der Waals surface area contributed by atoms with Crippen LogP contribution in [0.5, 0.6) is 0 Å². The molecule has 7 heteroatoms. The molecular weight excluding hydrogens is 304 g/mol. The molecule has 0 saturated carbocycles. The molecule has 2 rings (SSSR count). The highest BCUT2D eigenvalue weighted by atomic mass is 16.7. The average Bonchev–Trinajstić information content (AvgIpc) is 2.51. The first kappa shape index (κ1) is 18.8. The molecule has 0 spiro atoms. The minimum Gasteiger partial charge on any atom is -0.394 e. The van der Waals surface area contributed by atoms with E-state index in [1.54, 1.807) is 0 Å². The van der Waals surface area contributed by atoms with Crippen LogP contribution in [0, 0.1) is 5.41 Å². The maximum Gasteiger partial charge on any atom is 0.187 e. The first-order valence-electron chi connectivity index (χ1n) is 7.99. The Morgan fingerprint density at radius 3 is 2.39 bits per heavy atom. The van der Waals surface area contributed by atoms with Crippen LogP contribution in [0.3, 0.4) is 0 Å². The van der Waals surface area contributed by atoms with E-state index in [0.717, 1.165) is 17.6 Å². The van der Waals surface area contributed by atoms with Crippen LogP contribution in [-0.4, -0.2) is 75.6 Å². The van der Waals surface area contributed by atoms with E-state index in [0.29, 0.717) is 6.42 Å². The zero-order valence-corrected chi connectivity index (χ0v) is 13.8. The van der Waals surface area contributed by atoms with E-state index in [2.05, 4.69) is 13.8 Å². The largest absolute Gasteiger partial charge is 0.394 e. The number of ether oxygens (including phenoxy) is 2. The van der Waals surface area contributed by atoms with Crippen molar-refractivity contribution < 1.29 is 35.0 Å². The maximum absolute atomic E-state index is 10.0. The molecule has 0 aromatic rings. The van der Waals surface area contributed by atoms with Gasteiger partial charge < -0.3 is 35.0 Å². The van der Waals surface area contributed by atoms with Crippen LogP contribution in [-0.2, 0) is 9.47 Å². The number of hydrogen-bond acceptors (Lipinski definition) is 7. The molecule has 6 atom stereocenters. The maximum atomic E-state index is 10.0. The summed E-state index contributed by atoms with van der Waals surface area (Å²) in [6.07, 6.45) is -5.39. The molecule has 0 unspecified atom stereocenters. The lowest BCUT2D eigenvalue weighted by atomic mass is 9.72. The summed E-state index contributed by atoms with van der Waals surface area (Å²) in [4.78, 5) is 0. The van der Waals surface area contributed by atoms with Gasteiger partial charge in [0.15, 0.2) is 6.29 Å². The third kappa shape index (κ3) is 3.76. The zero-order chi connectivity index (χ0) is 17.4. The predicted octanol–water partition coefficient (Wildman–Crippen LogP) is -0.700. The molecule has 1 aliphatic heterocycles. The minimum atomic E-state index is -1.45. The Morgan fingerprint density at radius 2 is 1.78 bits per heavy atom. The molecule has 134 valence electrons. The van der Waals surface area contributed by atoms with Crippen LogP contribution in [0.4, 0.5) is 0 Å². The molecule has 0 radical (unpaired) electrons. The third-order valence-corrected chi connectivity index (χ3v) is 5.08. The second-order valence-electron chi connectivity index (χ2n) is 7.11. The predicted molar refractivity (Wildman–Crippen MR) is 81.4 cm³/mol. The van der Waals surface area contributed by atoms with Gasteiger partial charge in [-0.2, -0.15) is 0 Å². The molecule has 2 aliphatic rings. The standard InChI is InChI=1S/C16H28O7/c1-8-9(16(2,3)5-4-10(8)18)7-22-15-14(21)13(20)12(19)11(6-17)23-15/h10-15,17-21H,4-7H2,1-3H3/t10-,11-,12-,13+,14-,15-/m1/s1. The van der Waals surface area contributed by atoms with Crippen molar-refractivity contribution in [1.29, 1.82) is 0 Å². The first-order chi connectivity index (χ1) is 10.7. The van der Waals surface area contributed by atoms with Crippen molar-refractivity contribution in [2.45, 2.75) is 70.4 Å². The summed E-state index contributed by atoms with van der Waals surface area (Å²) in [7, 11) is 0. The van der Waals surface area contributed by atoms with Gasteiger partial charge in [-0.15, -0.1) is 0 Å². The Morgan fingerprint density at radius 1 is 1.13 bits per heavy atom. The van der Waals surface area contributed by atoms with E-state index in [-0.39, 0.29) is 12.0 Å². The van der Waals surface area contributed by atoms with E-state index in [1.807, 2.05) is 6.92 Å². The van der Waals surface area contributed by atoms with Gasteiger partial charge in [0.1, 0.15) is 24.4 Å². The molecule has 0 bridgehead atoms.